The van der Waals surface area contributed by atoms with E-state index in [2.05, 4.69) is 9.72 Å². The highest BCUT2D eigenvalue weighted by Gasteiger charge is 2.18. The van der Waals surface area contributed by atoms with Crippen molar-refractivity contribution in [2.75, 3.05) is 7.11 Å². The summed E-state index contributed by atoms with van der Waals surface area (Å²) >= 11 is 5.60. The number of carbonyl (C=O) groups excluding carboxylic acids is 1. The molecule has 0 fully saturated rings. The van der Waals surface area contributed by atoms with Gasteiger partial charge in [0.2, 0.25) is 0 Å². The summed E-state index contributed by atoms with van der Waals surface area (Å²) in [6.07, 6.45) is 1.16. The van der Waals surface area contributed by atoms with Crippen LogP contribution >= 0.6 is 11.6 Å². The molecule has 0 aliphatic carbocycles. The molecule has 1 aromatic heterocycles. The van der Waals surface area contributed by atoms with Crippen LogP contribution in [0.4, 0.5) is 0 Å². The molecule has 1 heterocycles. The number of hydrogen-bond acceptors (Lipinski definition) is 5. The minimum Gasteiger partial charge on any atom is -0.464 e. The molecule has 0 bridgehead atoms. The van der Waals surface area contributed by atoms with E-state index < -0.39 is 13.1 Å². The van der Waals surface area contributed by atoms with E-state index in [0.29, 0.717) is 0 Å². The zero-order valence-electron chi connectivity index (χ0n) is 7.27. The molecule has 0 aliphatic rings. The molecule has 7 heteroatoms. The van der Waals surface area contributed by atoms with Gasteiger partial charge in [-0.15, -0.1) is 0 Å². The molecule has 0 aliphatic heterocycles. The number of methoxy groups -OCH3 is 1. The maximum absolute atomic E-state index is 11.0. The normalized spacial score (nSPS) is 9.71. The van der Waals surface area contributed by atoms with Crippen LogP contribution in [-0.4, -0.2) is 35.2 Å². The Morgan fingerprint density at radius 2 is 2.29 bits per heavy atom. The Morgan fingerprint density at radius 1 is 1.64 bits per heavy atom. The van der Waals surface area contributed by atoms with Crippen LogP contribution in [0, 0.1) is 0 Å². The number of esters is 1. The number of hydrogen-bond donors (Lipinski definition) is 2. The maximum atomic E-state index is 11.0. The Kier molecular flexibility index (Phi) is 3.46. The van der Waals surface area contributed by atoms with Gasteiger partial charge in [-0.2, -0.15) is 0 Å². The molecule has 14 heavy (non-hydrogen) atoms. The lowest BCUT2D eigenvalue weighted by molar-refractivity contribution is 0.0594. The number of halogens is 1. The quantitative estimate of drug-likeness (QED) is 0.499. The predicted octanol–water partition coefficient (Wildman–Crippen LogP) is -0.799. The maximum Gasteiger partial charge on any atom is 0.490 e. The summed E-state index contributed by atoms with van der Waals surface area (Å²) in [4.78, 5) is 14.7. The van der Waals surface area contributed by atoms with Crippen LogP contribution in [0.25, 0.3) is 0 Å². The van der Waals surface area contributed by atoms with Crippen molar-refractivity contribution in [3.05, 3.63) is 23.0 Å². The summed E-state index contributed by atoms with van der Waals surface area (Å²) in [7, 11) is -0.540. The van der Waals surface area contributed by atoms with E-state index in [1.165, 1.54) is 13.2 Å². The second-order valence-corrected chi connectivity index (χ2v) is 2.86. The standard InChI is InChI=1S/C7H7BClNO4/c1-14-7(11)6-2-4(8(12)13)5(9)3-10-6/h2-3,12-13H,1H3. The van der Waals surface area contributed by atoms with E-state index in [1.54, 1.807) is 0 Å². The number of nitrogens with zero attached hydrogens (tertiary/aromatic N) is 1. The summed E-state index contributed by atoms with van der Waals surface area (Å²) in [5.41, 5.74) is -0.0120. The third-order valence-corrected chi connectivity index (χ3v) is 1.87. The van der Waals surface area contributed by atoms with E-state index in [9.17, 15) is 4.79 Å². The highest BCUT2D eigenvalue weighted by molar-refractivity contribution is 6.62. The van der Waals surface area contributed by atoms with Crippen molar-refractivity contribution < 1.29 is 19.6 Å². The number of rotatable bonds is 2. The number of ether oxygens (including phenoxy) is 1. The van der Waals surface area contributed by atoms with Crippen LogP contribution in [-0.2, 0) is 4.74 Å². The summed E-state index contributed by atoms with van der Waals surface area (Å²) in [5.74, 6) is -0.663. The Morgan fingerprint density at radius 3 is 2.79 bits per heavy atom. The minimum atomic E-state index is -1.74. The molecule has 0 saturated carbocycles. The highest BCUT2D eigenvalue weighted by Crippen LogP contribution is 2.05. The lowest BCUT2D eigenvalue weighted by Gasteiger charge is -2.04. The third-order valence-electron chi connectivity index (χ3n) is 1.56. The van der Waals surface area contributed by atoms with Gasteiger partial charge in [0.1, 0.15) is 5.69 Å². The SMILES string of the molecule is COC(=O)c1cc(B(O)O)c(Cl)cn1. The van der Waals surface area contributed by atoms with Crippen LogP contribution in [0.3, 0.4) is 0 Å². The summed E-state index contributed by atoms with van der Waals surface area (Å²) in [5, 5.41) is 17.8. The van der Waals surface area contributed by atoms with E-state index >= 15 is 0 Å². The molecule has 0 saturated heterocycles. The molecule has 2 N–H and O–H groups in total. The molecule has 1 rings (SSSR count). The van der Waals surface area contributed by atoms with Crippen LogP contribution in [0.5, 0.6) is 0 Å². The molecule has 0 radical (unpaired) electrons. The average Bonchev–Trinajstić information content (AvgIpc) is 2.17. The molecule has 5 nitrogen and oxygen atoms in total. The Balaban J connectivity index is 3.13. The molecular formula is C7H7BClNO4. The van der Waals surface area contributed by atoms with Gasteiger partial charge in [0, 0.05) is 11.7 Å². The topological polar surface area (TPSA) is 79.7 Å². The van der Waals surface area contributed by atoms with Crippen molar-refractivity contribution >= 4 is 30.2 Å². The lowest BCUT2D eigenvalue weighted by atomic mass is 9.80. The van der Waals surface area contributed by atoms with Gasteiger partial charge in [-0.1, -0.05) is 11.6 Å². The molecular weight excluding hydrogens is 208 g/mol. The Labute approximate surface area is 85.4 Å². The predicted molar refractivity (Wildman–Crippen MR) is 50.4 cm³/mol. The van der Waals surface area contributed by atoms with Crippen LogP contribution in [0.2, 0.25) is 5.02 Å². The van der Waals surface area contributed by atoms with Gasteiger partial charge in [-0.3, -0.25) is 0 Å². The first-order valence-electron chi connectivity index (χ1n) is 3.66. The van der Waals surface area contributed by atoms with E-state index in [1.807, 2.05) is 0 Å². The lowest BCUT2D eigenvalue weighted by Crippen LogP contribution is -2.32. The van der Waals surface area contributed by atoms with Gasteiger partial charge in [0.25, 0.3) is 0 Å². The van der Waals surface area contributed by atoms with Crippen molar-refractivity contribution in [1.82, 2.24) is 4.98 Å². The van der Waals surface area contributed by atoms with Crippen molar-refractivity contribution in [1.29, 1.82) is 0 Å². The number of aromatic nitrogens is 1. The Hall–Kier alpha value is -1.11. The van der Waals surface area contributed by atoms with Crippen molar-refractivity contribution in [2.24, 2.45) is 0 Å². The summed E-state index contributed by atoms with van der Waals surface area (Å²) in [6, 6.07) is 1.17. The van der Waals surface area contributed by atoms with Gasteiger partial charge in [-0.25, -0.2) is 9.78 Å². The summed E-state index contributed by atoms with van der Waals surface area (Å²) < 4.78 is 4.40. The van der Waals surface area contributed by atoms with Gasteiger partial charge in [-0.05, 0) is 6.07 Å². The van der Waals surface area contributed by atoms with Gasteiger partial charge >= 0.3 is 13.1 Å². The van der Waals surface area contributed by atoms with Crippen LogP contribution in [0.15, 0.2) is 12.3 Å². The first-order chi connectivity index (χ1) is 6.56. The monoisotopic (exact) mass is 215 g/mol. The second-order valence-electron chi connectivity index (χ2n) is 2.46. The average molecular weight is 215 g/mol. The van der Waals surface area contributed by atoms with Crippen LogP contribution in [0.1, 0.15) is 10.5 Å². The largest absolute Gasteiger partial charge is 0.490 e. The van der Waals surface area contributed by atoms with Gasteiger partial charge in [0.05, 0.1) is 12.1 Å². The minimum absolute atomic E-state index is 0.0158. The smallest absolute Gasteiger partial charge is 0.464 e. The van der Waals surface area contributed by atoms with E-state index in [-0.39, 0.29) is 16.2 Å². The molecule has 0 aromatic carbocycles. The fraction of sp³-hybridized carbons (Fsp3) is 0.143. The summed E-state index contributed by atoms with van der Waals surface area (Å²) in [6.45, 7) is 0. The third kappa shape index (κ3) is 2.23. The van der Waals surface area contributed by atoms with Gasteiger partial charge in [0.15, 0.2) is 0 Å². The van der Waals surface area contributed by atoms with Crippen molar-refractivity contribution in [3.63, 3.8) is 0 Å². The second kappa shape index (κ2) is 4.41. The number of pyridine rings is 1. The molecule has 0 unspecified atom stereocenters. The first kappa shape index (κ1) is 11.0. The van der Waals surface area contributed by atoms with E-state index in [0.717, 1.165) is 6.20 Å². The first-order valence-corrected chi connectivity index (χ1v) is 4.04. The molecule has 0 spiro atoms. The zero-order chi connectivity index (χ0) is 10.7. The van der Waals surface area contributed by atoms with Gasteiger partial charge < -0.3 is 14.8 Å². The van der Waals surface area contributed by atoms with Crippen molar-refractivity contribution in [2.45, 2.75) is 0 Å². The van der Waals surface area contributed by atoms with Crippen molar-refractivity contribution in [3.8, 4) is 0 Å². The fourth-order valence-electron chi connectivity index (χ4n) is 0.868. The highest BCUT2D eigenvalue weighted by atomic mass is 35.5. The fourth-order valence-corrected chi connectivity index (χ4v) is 1.07. The van der Waals surface area contributed by atoms with Crippen LogP contribution < -0.4 is 5.46 Å². The Bertz CT molecular complexity index is 358. The molecule has 0 atom stereocenters. The zero-order valence-corrected chi connectivity index (χ0v) is 8.02. The molecule has 1 aromatic rings. The number of carbonyl (C=O) groups is 1. The molecule has 74 valence electrons. The molecule has 0 amide bonds. The van der Waals surface area contributed by atoms with E-state index in [4.69, 9.17) is 21.6 Å².